The van der Waals surface area contributed by atoms with E-state index in [0.717, 1.165) is 17.4 Å². The van der Waals surface area contributed by atoms with Gasteiger partial charge in [-0.05, 0) is 57.4 Å². The fourth-order valence-corrected chi connectivity index (χ4v) is 1.79. The van der Waals surface area contributed by atoms with E-state index in [0.29, 0.717) is 12.1 Å². The van der Waals surface area contributed by atoms with Crippen molar-refractivity contribution in [2.45, 2.75) is 6.42 Å². The highest BCUT2D eigenvalue weighted by Crippen LogP contribution is 2.11. The van der Waals surface area contributed by atoms with E-state index in [1.807, 2.05) is 14.1 Å². The third-order valence-electron chi connectivity index (χ3n) is 2.60. The zero-order valence-electron chi connectivity index (χ0n) is 11.7. The Morgan fingerprint density at radius 3 is 2.45 bits per heavy atom. The average Bonchev–Trinajstić information content (AvgIpc) is 2.41. The molecule has 0 aliphatic carbocycles. The van der Waals surface area contributed by atoms with Crippen LogP contribution < -0.4 is 5.32 Å². The molecule has 0 atom stereocenters. The number of hydrogen-bond acceptors (Lipinski definition) is 3. The molecule has 0 radical (unpaired) electrons. The molecule has 0 aliphatic rings. The number of benzene rings is 1. The summed E-state index contributed by atoms with van der Waals surface area (Å²) in [6.45, 7) is 1.52. The number of rotatable bonds is 7. The van der Waals surface area contributed by atoms with Crippen LogP contribution in [0.1, 0.15) is 16.8 Å². The van der Waals surface area contributed by atoms with Crippen molar-refractivity contribution in [2.75, 3.05) is 27.2 Å². The molecule has 0 aromatic heterocycles. The summed E-state index contributed by atoms with van der Waals surface area (Å²) in [5.41, 5.74) is 0.560. The predicted molar refractivity (Wildman–Crippen MR) is 83.8 cm³/mol. The van der Waals surface area contributed by atoms with Crippen molar-refractivity contribution in [3.8, 4) is 0 Å². The van der Waals surface area contributed by atoms with Crippen molar-refractivity contribution in [3.05, 3.63) is 46.5 Å². The van der Waals surface area contributed by atoms with Gasteiger partial charge in [0.15, 0.2) is 5.78 Å². The second-order valence-electron chi connectivity index (χ2n) is 4.65. The van der Waals surface area contributed by atoms with Crippen molar-refractivity contribution >= 4 is 27.6 Å². The first kappa shape index (κ1) is 16.6. The molecule has 20 heavy (non-hydrogen) atoms. The number of carbonyl (C=O) groups is 2. The lowest BCUT2D eigenvalue weighted by atomic mass is 10.1. The van der Waals surface area contributed by atoms with E-state index in [1.54, 1.807) is 24.3 Å². The highest BCUT2D eigenvalue weighted by atomic mass is 79.9. The Balaban J connectivity index is 2.37. The molecule has 4 nitrogen and oxygen atoms in total. The summed E-state index contributed by atoms with van der Waals surface area (Å²) in [6.07, 6.45) is 3.46. The maximum Gasteiger partial charge on any atom is 0.244 e. The Labute approximate surface area is 128 Å². The Morgan fingerprint density at radius 1 is 1.20 bits per heavy atom. The quantitative estimate of drug-likeness (QED) is 0.471. The molecule has 1 aromatic rings. The number of carbonyl (C=O) groups excluding carboxylic acids is 2. The molecule has 5 heteroatoms. The highest BCUT2D eigenvalue weighted by molar-refractivity contribution is 9.10. The molecule has 1 rings (SSSR count). The van der Waals surface area contributed by atoms with Gasteiger partial charge in [-0.15, -0.1) is 0 Å². The number of halogens is 1. The Kier molecular flexibility index (Phi) is 7.18. The number of ketones is 1. The number of hydrogen-bond donors (Lipinski definition) is 1. The largest absolute Gasteiger partial charge is 0.353 e. The van der Waals surface area contributed by atoms with Gasteiger partial charge in [-0.25, -0.2) is 0 Å². The van der Waals surface area contributed by atoms with Crippen molar-refractivity contribution in [2.24, 2.45) is 0 Å². The summed E-state index contributed by atoms with van der Waals surface area (Å²) in [4.78, 5) is 25.4. The SMILES string of the molecule is CN(C)CCCNC(=O)/C=C/C(=O)c1ccc(Br)cc1. The van der Waals surface area contributed by atoms with Gasteiger partial charge in [-0.1, -0.05) is 15.9 Å². The lowest BCUT2D eigenvalue weighted by Crippen LogP contribution is -2.25. The van der Waals surface area contributed by atoms with E-state index in [9.17, 15) is 9.59 Å². The van der Waals surface area contributed by atoms with Crippen molar-refractivity contribution in [1.29, 1.82) is 0 Å². The average molecular weight is 339 g/mol. The maximum absolute atomic E-state index is 11.8. The molecule has 1 amide bonds. The molecule has 0 saturated carbocycles. The monoisotopic (exact) mass is 338 g/mol. The third-order valence-corrected chi connectivity index (χ3v) is 3.12. The summed E-state index contributed by atoms with van der Waals surface area (Å²) in [7, 11) is 3.97. The molecule has 1 aromatic carbocycles. The second kappa shape index (κ2) is 8.66. The van der Waals surface area contributed by atoms with Gasteiger partial charge in [0.1, 0.15) is 0 Å². The van der Waals surface area contributed by atoms with Gasteiger partial charge < -0.3 is 10.2 Å². The first-order valence-corrected chi connectivity index (χ1v) is 7.19. The number of amides is 1. The third kappa shape index (κ3) is 6.63. The molecule has 0 saturated heterocycles. The second-order valence-corrected chi connectivity index (χ2v) is 5.57. The molecule has 0 fully saturated rings. The van der Waals surface area contributed by atoms with Crippen LogP contribution in [-0.4, -0.2) is 43.8 Å². The zero-order chi connectivity index (χ0) is 15.0. The number of nitrogens with one attached hydrogen (secondary N) is 1. The minimum Gasteiger partial charge on any atom is -0.353 e. The van der Waals surface area contributed by atoms with Crippen LogP contribution in [0.4, 0.5) is 0 Å². The van der Waals surface area contributed by atoms with E-state index in [1.165, 1.54) is 12.2 Å². The molecule has 108 valence electrons. The van der Waals surface area contributed by atoms with E-state index < -0.39 is 0 Å². The minimum atomic E-state index is -0.241. The van der Waals surface area contributed by atoms with Crippen LogP contribution in [0, 0.1) is 0 Å². The Bertz CT molecular complexity index is 481. The fourth-order valence-electron chi connectivity index (χ4n) is 1.53. The lowest BCUT2D eigenvalue weighted by molar-refractivity contribution is -0.116. The van der Waals surface area contributed by atoms with Crippen LogP contribution in [0.25, 0.3) is 0 Å². The van der Waals surface area contributed by atoms with Crippen LogP contribution >= 0.6 is 15.9 Å². The minimum absolute atomic E-state index is 0.180. The Hall–Kier alpha value is -1.46. The van der Waals surface area contributed by atoms with Gasteiger partial charge in [0.2, 0.25) is 5.91 Å². The highest BCUT2D eigenvalue weighted by Gasteiger charge is 2.02. The summed E-state index contributed by atoms with van der Waals surface area (Å²) in [5, 5.41) is 2.74. The van der Waals surface area contributed by atoms with E-state index in [2.05, 4.69) is 26.1 Å². The Morgan fingerprint density at radius 2 is 1.85 bits per heavy atom. The van der Waals surface area contributed by atoms with Crippen molar-refractivity contribution < 1.29 is 9.59 Å². The number of nitrogens with zero attached hydrogens (tertiary/aromatic N) is 1. The molecule has 0 spiro atoms. The zero-order valence-corrected chi connectivity index (χ0v) is 13.3. The van der Waals surface area contributed by atoms with E-state index in [4.69, 9.17) is 0 Å². The molecular formula is C15H19BrN2O2. The maximum atomic E-state index is 11.8. The van der Waals surface area contributed by atoms with Crippen LogP contribution in [0.3, 0.4) is 0 Å². The summed E-state index contributed by atoms with van der Waals surface area (Å²) in [5.74, 6) is -0.421. The van der Waals surface area contributed by atoms with Gasteiger partial charge >= 0.3 is 0 Å². The van der Waals surface area contributed by atoms with Gasteiger partial charge in [-0.3, -0.25) is 9.59 Å². The van der Waals surface area contributed by atoms with Crippen LogP contribution in [0.15, 0.2) is 40.9 Å². The van der Waals surface area contributed by atoms with Gasteiger partial charge in [0.25, 0.3) is 0 Å². The topological polar surface area (TPSA) is 49.4 Å². The summed E-state index contributed by atoms with van der Waals surface area (Å²) < 4.78 is 0.914. The molecule has 0 heterocycles. The van der Waals surface area contributed by atoms with Crippen LogP contribution in [-0.2, 0) is 4.79 Å². The first-order chi connectivity index (χ1) is 9.49. The summed E-state index contributed by atoms with van der Waals surface area (Å²) >= 11 is 3.31. The normalized spacial score (nSPS) is 11.0. The lowest BCUT2D eigenvalue weighted by Gasteiger charge is -2.08. The van der Waals surface area contributed by atoms with Crippen LogP contribution in [0.5, 0.6) is 0 Å². The molecule has 0 aliphatic heterocycles. The van der Waals surface area contributed by atoms with Gasteiger partial charge in [0, 0.05) is 22.7 Å². The fraction of sp³-hybridized carbons (Fsp3) is 0.333. The van der Waals surface area contributed by atoms with Gasteiger partial charge in [0.05, 0.1) is 0 Å². The van der Waals surface area contributed by atoms with E-state index >= 15 is 0 Å². The van der Waals surface area contributed by atoms with Crippen LogP contribution in [0.2, 0.25) is 0 Å². The van der Waals surface area contributed by atoms with Crippen molar-refractivity contribution in [1.82, 2.24) is 10.2 Å². The predicted octanol–water partition coefficient (Wildman–Crippen LogP) is 2.26. The molecule has 1 N–H and O–H groups in total. The number of allylic oxidation sites excluding steroid dienone is 1. The first-order valence-electron chi connectivity index (χ1n) is 6.39. The standard InChI is InChI=1S/C15H19BrN2O2/c1-18(2)11-3-10-17-15(20)9-8-14(19)12-4-6-13(16)7-5-12/h4-9H,3,10-11H2,1-2H3,(H,17,20)/b9-8+. The smallest absolute Gasteiger partial charge is 0.244 e. The molecule has 0 bridgehead atoms. The van der Waals surface area contributed by atoms with E-state index in [-0.39, 0.29) is 11.7 Å². The molecule has 0 unspecified atom stereocenters. The summed E-state index contributed by atoms with van der Waals surface area (Å²) in [6, 6.07) is 7.02. The van der Waals surface area contributed by atoms with Gasteiger partial charge in [-0.2, -0.15) is 0 Å². The molecular weight excluding hydrogens is 320 g/mol. The van der Waals surface area contributed by atoms with Crippen molar-refractivity contribution in [3.63, 3.8) is 0 Å².